The lowest BCUT2D eigenvalue weighted by Gasteiger charge is -2.15. The molecule has 0 unspecified atom stereocenters. The first-order valence-corrected chi connectivity index (χ1v) is 13.8. The number of benzene rings is 3. The van der Waals surface area contributed by atoms with Crippen LogP contribution in [0.4, 0.5) is 5.69 Å². The Morgan fingerprint density at radius 3 is 2.59 bits per heavy atom. The highest BCUT2D eigenvalue weighted by Gasteiger charge is 2.34. The molecule has 0 atom stereocenters. The van der Waals surface area contributed by atoms with Crippen molar-refractivity contribution in [2.45, 2.75) is 6.61 Å². The number of carbonyl (C=O) groups is 1. The van der Waals surface area contributed by atoms with Gasteiger partial charge in [-0.3, -0.25) is 9.69 Å². The lowest BCUT2D eigenvalue weighted by molar-refractivity contribution is -0.113. The van der Waals surface area contributed by atoms with E-state index in [2.05, 4.69) is 61.1 Å². The maximum absolute atomic E-state index is 13.2. The van der Waals surface area contributed by atoms with Crippen molar-refractivity contribution in [3.05, 3.63) is 93.3 Å². The van der Waals surface area contributed by atoms with Gasteiger partial charge < -0.3 is 4.74 Å². The Kier molecular flexibility index (Phi) is 8.20. The number of carbonyl (C=O) groups excluding carboxylic acids is 1. The Labute approximate surface area is 236 Å². The Balaban J connectivity index is 1.66. The van der Waals surface area contributed by atoms with Crippen molar-refractivity contribution >= 4 is 119 Å². The fraction of sp³-hybridized carbons (Fsp3) is 0.0435. The molecule has 162 valence electrons. The summed E-state index contributed by atoms with van der Waals surface area (Å²) in [6.07, 6.45) is 1.85. The molecule has 3 aromatic carbocycles. The van der Waals surface area contributed by atoms with Crippen molar-refractivity contribution in [2.24, 2.45) is 0 Å². The van der Waals surface area contributed by atoms with Gasteiger partial charge in [-0.05, 0) is 103 Å². The molecular formula is C23H13BrClI2NO2S2. The fourth-order valence-corrected chi connectivity index (χ4v) is 6.78. The lowest BCUT2D eigenvalue weighted by atomic mass is 10.1. The number of hydrogen-bond acceptors (Lipinski definition) is 4. The van der Waals surface area contributed by atoms with Crippen molar-refractivity contribution in [1.82, 2.24) is 0 Å². The second-order valence-corrected chi connectivity index (χ2v) is 12.0. The number of halogens is 4. The fourth-order valence-electron chi connectivity index (χ4n) is 3.03. The quantitative estimate of drug-likeness (QED) is 0.149. The summed E-state index contributed by atoms with van der Waals surface area (Å²) in [5.41, 5.74) is 2.56. The van der Waals surface area contributed by atoms with E-state index in [1.807, 2.05) is 54.6 Å². The van der Waals surface area contributed by atoms with Gasteiger partial charge in [0, 0.05) is 13.6 Å². The first-order valence-electron chi connectivity index (χ1n) is 9.22. The molecule has 3 aromatic rings. The predicted octanol–water partition coefficient (Wildman–Crippen LogP) is 8.30. The molecule has 0 saturated carbocycles. The van der Waals surface area contributed by atoms with Gasteiger partial charge in [-0.15, -0.1) is 0 Å². The number of anilines is 1. The summed E-state index contributed by atoms with van der Waals surface area (Å²) < 4.78 is 9.44. The van der Waals surface area contributed by atoms with E-state index in [-0.39, 0.29) is 5.91 Å². The Morgan fingerprint density at radius 1 is 1.12 bits per heavy atom. The summed E-state index contributed by atoms with van der Waals surface area (Å²) in [5, 5.41) is 0.518. The zero-order valence-electron chi connectivity index (χ0n) is 16.2. The van der Waals surface area contributed by atoms with Crippen LogP contribution in [-0.2, 0) is 11.4 Å². The molecule has 1 fully saturated rings. The molecule has 1 aliphatic heterocycles. The zero-order valence-corrected chi connectivity index (χ0v) is 24.4. The van der Waals surface area contributed by atoms with Gasteiger partial charge in [-0.25, -0.2) is 0 Å². The molecule has 3 nitrogen and oxygen atoms in total. The van der Waals surface area contributed by atoms with E-state index in [0.717, 1.165) is 28.5 Å². The van der Waals surface area contributed by atoms with Crippen molar-refractivity contribution in [3.8, 4) is 5.75 Å². The molecule has 0 spiro atoms. The third-order valence-electron chi connectivity index (χ3n) is 4.50. The summed E-state index contributed by atoms with van der Waals surface area (Å²) in [5.74, 6) is 0.563. The first kappa shape index (κ1) is 24.5. The van der Waals surface area contributed by atoms with Crippen LogP contribution in [0.1, 0.15) is 11.1 Å². The Hall–Kier alpha value is -0.660. The Morgan fingerprint density at radius 2 is 1.88 bits per heavy atom. The van der Waals surface area contributed by atoms with Gasteiger partial charge in [-0.2, -0.15) is 0 Å². The topological polar surface area (TPSA) is 29.5 Å². The summed E-state index contributed by atoms with van der Waals surface area (Å²) in [7, 11) is 0. The molecule has 0 radical (unpaired) electrons. The monoisotopic (exact) mass is 767 g/mol. The van der Waals surface area contributed by atoms with Crippen LogP contribution >= 0.6 is 96.7 Å². The van der Waals surface area contributed by atoms with Crippen LogP contribution in [0.15, 0.2) is 70.0 Å². The van der Waals surface area contributed by atoms with Crippen molar-refractivity contribution in [2.75, 3.05) is 4.90 Å². The van der Waals surface area contributed by atoms with E-state index in [4.69, 9.17) is 28.6 Å². The second-order valence-electron chi connectivity index (χ2n) is 6.70. The summed E-state index contributed by atoms with van der Waals surface area (Å²) in [6, 6.07) is 19.4. The highest BCUT2D eigenvalue weighted by molar-refractivity contribution is 14.1. The molecule has 0 aliphatic carbocycles. The van der Waals surface area contributed by atoms with Gasteiger partial charge in [0.15, 0.2) is 4.32 Å². The van der Waals surface area contributed by atoms with E-state index >= 15 is 0 Å². The highest BCUT2D eigenvalue weighted by Crippen LogP contribution is 2.40. The molecule has 0 bridgehead atoms. The van der Waals surface area contributed by atoms with E-state index in [1.165, 1.54) is 16.7 Å². The molecule has 9 heteroatoms. The molecule has 1 amide bonds. The molecular weight excluding hydrogens is 756 g/mol. The van der Waals surface area contributed by atoms with Gasteiger partial charge in [0.2, 0.25) is 0 Å². The van der Waals surface area contributed by atoms with Crippen LogP contribution in [0.25, 0.3) is 6.08 Å². The predicted molar refractivity (Wildman–Crippen MR) is 157 cm³/mol. The van der Waals surface area contributed by atoms with Crippen molar-refractivity contribution < 1.29 is 9.53 Å². The average molecular weight is 769 g/mol. The molecule has 1 heterocycles. The minimum Gasteiger partial charge on any atom is -0.487 e. The van der Waals surface area contributed by atoms with E-state index in [1.54, 1.807) is 12.1 Å². The summed E-state index contributed by atoms with van der Waals surface area (Å²) >= 11 is 20.9. The lowest BCUT2D eigenvalue weighted by Crippen LogP contribution is -2.27. The third-order valence-corrected chi connectivity index (χ3v) is 8.46. The number of thiocarbonyl (C=S) groups is 1. The van der Waals surface area contributed by atoms with Gasteiger partial charge >= 0.3 is 0 Å². The molecule has 0 aromatic heterocycles. The number of thioether (sulfide) groups is 1. The van der Waals surface area contributed by atoms with Crippen molar-refractivity contribution in [1.29, 1.82) is 0 Å². The highest BCUT2D eigenvalue weighted by atomic mass is 127. The SMILES string of the molecule is O=C1/C(=C\c2cc(I)cc(I)c2OCc2ccccc2)SC(=S)N1c1ccc(Br)c(Cl)c1. The van der Waals surface area contributed by atoms with Crippen LogP contribution in [0.5, 0.6) is 5.75 Å². The Bertz CT molecular complexity index is 1250. The zero-order chi connectivity index (χ0) is 22.8. The molecule has 0 N–H and O–H groups in total. The summed E-state index contributed by atoms with van der Waals surface area (Å²) in [6.45, 7) is 0.441. The minimum absolute atomic E-state index is 0.179. The van der Waals surface area contributed by atoms with Crippen LogP contribution < -0.4 is 9.64 Å². The van der Waals surface area contributed by atoms with Crippen LogP contribution in [0, 0.1) is 7.14 Å². The second kappa shape index (κ2) is 10.7. The molecule has 32 heavy (non-hydrogen) atoms. The van der Waals surface area contributed by atoms with Gasteiger partial charge in [-0.1, -0.05) is 65.9 Å². The normalized spacial score (nSPS) is 15.0. The van der Waals surface area contributed by atoms with Gasteiger partial charge in [0.25, 0.3) is 5.91 Å². The number of rotatable bonds is 5. The van der Waals surface area contributed by atoms with Gasteiger partial charge in [0.05, 0.1) is 19.2 Å². The molecule has 1 saturated heterocycles. The van der Waals surface area contributed by atoms with Crippen LogP contribution in [0.3, 0.4) is 0 Å². The van der Waals surface area contributed by atoms with E-state index in [9.17, 15) is 4.79 Å². The van der Waals surface area contributed by atoms with Crippen LogP contribution in [-0.4, -0.2) is 10.2 Å². The minimum atomic E-state index is -0.179. The standard InChI is InChI=1S/C23H13BrClI2NO2S2/c24-17-7-6-16(11-18(17)25)28-22(29)20(32-23(28)31)9-14-8-15(26)10-19(27)21(14)30-12-13-4-2-1-3-5-13/h1-11H,12H2/b20-9+. The molecule has 1 aliphatic rings. The first-order chi connectivity index (χ1) is 15.3. The van der Waals surface area contributed by atoms with E-state index < -0.39 is 0 Å². The van der Waals surface area contributed by atoms with E-state index in [0.29, 0.717) is 26.5 Å². The van der Waals surface area contributed by atoms with Crippen molar-refractivity contribution in [3.63, 3.8) is 0 Å². The maximum atomic E-state index is 13.2. The number of nitrogens with zero attached hydrogens (tertiary/aromatic N) is 1. The van der Waals surface area contributed by atoms with Crippen LogP contribution in [0.2, 0.25) is 5.02 Å². The summed E-state index contributed by atoms with van der Waals surface area (Å²) in [4.78, 5) is 15.3. The number of ether oxygens (including phenoxy) is 1. The third kappa shape index (κ3) is 5.52. The number of amides is 1. The maximum Gasteiger partial charge on any atom is 0.270 e. The number of hydrogen-bond donors (Lipinski definition) is 0. The molecule has 4 rings (SSSR count). The smallest absolute Gasteiger partial charge is 0.270 e. The largest absolute Gasteiger partial charge is 0.487 e. The van der Waals surface area contributed by atoms with Gasteiger partial charge in [0.1, 0.15) is 12.4 Å². The average Bonchev–Trinajstić information content (AvgIpc) is 3.03.